The van der Waals surface area contributed by atoms with Crippen LogP contribution in [0.5, 0.6) is 5.75 Å². The van der Waals surface area contributed by atoms with Gasteiger partial charge in [0, 0.05) is 23.6 Å². The van der Waals surface area contributed by atoms with Crippen molar-refractivity contribution in [1.29, 1.82) is 0 Å². The van der Waals surface area contributed by atoms with E-state index in [-0.39, 0.29) is 11.7 Å². The molecule has 31 heavy (non-hydrogen) atoms. The van der Waals surface area contributed by atoms with Crippen LogP contribution in [0.3, 0.4) is 0 Å². The Bertz CT molecular complexity index is 1200. The predicted molar refractivity (Wildman–Crippen MR) is 116 cm³/mol. The normalized spacial score (nSPS) is 10.7. The molecule has 6 heteroatoms. The summed E-state index contributed by atoms with van der Waals surface area (Å²) in [6, 6.07) is 25.0. The monoisotopic (exact) mass is 416 g/mol. The van der Waals surface area contributed by atoms with Crippen LogP contribution in [0.15, 0.2) is 97.3 Å². The topological polar surface area (TPSA) is 51.2 Å². The van der Waals surface area contributed by atoms with Gasteiger partial charge in [-0.05, 0) is 47.0 Å². The number of nitrogens with zero attached hydrogens (tertiary/aromatic N) is 1. The molecular weight excluding hydrogens is 398 g/mol. The summed E-state index contributed by atoms with van der Waals surface area (Å²) in [4.78, 5) is 17.0. The maximum Gasteiger partial charge on any atom is 0.387 e. The number of alkyl halides is 2. The molecule has 0 atom stereocenters. The van der Waals surface area contributed by atoms with E-state index < -0.39 is 6.61 Å². The first-order chi connectivity index (χ1) is 15.1. The molecule has 0 spiro atoms. The van der Waals surface area contributed by atoms with E-state index in [1.807, 2.05) is 36.4 Å². The van der Waals surface area contributed by atoms with E-state index in [2.05, 4.69) is 15.0 Å². The van der Waals surface area contributed by atoms with Crippen LogP contribution in [0, 0.1) is 0 Å². The zero-order chi connectivity index (χ0) is 21.6. The van der Waals surface area contributed by atoms with Crippen LogP contribution in [0.2, 0.25) is 0 Å². The molecule has 0 aliphatic carbocycles. The molecule has 0 fully saturated rings. The van der Waals surface area contributed by atoms with E-state index >= 15 is 0 Å². The van der Waals surface area contributed by atoms with Gasteiger partial charge in [-0.15, -0.1) is 0 Å². The SMILES string of the molecule is O=C(Nc1cccc(-c2cccc(OC(F)F)c2)c1)c1cncc(-c2ccccc2)c1. The fourth-order valence-electron chi connectivity index (χ4n) is 3.18. The Labute approximate surface area is 178 Å². The summed E-state index contributed by atoms with van der Waals surface area (Å²) in [7, 11) is 0. The van der Waals surface area contributed by atoms with Crippen molar-refractivity contribution in [2.75, 3.05) is 5.32 Å². The predicted octanol–water partition coefficient (Wildman–Crippen LogP) is 6.27. The fraction of sp³-hybridized carbons (Fsp3) is 0.0400. The van der Waals surface area contributed by atoms with E-state index in [0.717, 1.165) is 16.7 Å². The second-order valence-corrected chi connectivity index (χ2v) is 6.77. The van der Waals surface area contributed by atoms with Crippen molar-refractivity contribution in [3.05, 3.63) is 103 Å². The Hall–Kier alpha value is -4.06. The highest BCUT2D eigenvalue weighted by Gasteiger charge is 2.10. The number of carbonyl (C=O) groups is 1. The van der Waals surface area contributed by atoms with Crippen molar-refractivity contribution in [1.82, 2.24) is 4.98 Å². The number of hydrogen-bond donors (Lipinski definition) is 1. The molecule has 4 rings (SSSR count). The van der Waals surface area contributed by atoms with Crippen molar-refractivity contribution < 1.29 is 18.3 Å². The third kappa shape index (κ3) is 5.11. The summed E-state index contributed by atoms with van der Waals surface area (Å²) in [5.74, 6) is -0.219. The van der Waals surface area contributed by atoms with Crippen LogP contribution < -0.4 is 10.1 Å². The van der Waals surface area contributed by atoms with Gasteiger partial charge in [-0.3, -0.25) is 9.78 Å². The smallest absolute Gasteiger partial charge is 0.387 e. The van der Waals surface area contributed by atoms with Crippen molar-refractivity contribution in [2.24, 2.45) is 0 Å². The maximum absolute atomic E-state index is 12.8. The molecule has 0 saturated heterocycles. The van der Waals surface area contributed by atoms with Crippen molar-refractivity contribution in [2.45, 2.75) is 6.61 Å². The summed E-state index contributed by atoms with van der Waals surface area (Å²) in [6.07, 6.45) is 3.22. The van der Waals surface area contributed by atoms with Crippen LogP contribution in [0.25, 0.3) is 22.3 Å². The second-order valence-electron chi connectivity index (χ2n) is 6.77. The minimum atomic E-state index is -2.89. The molecule has 0 aliphatic rings. The van der Waals surface area contributed by atoms with Gasteiger partial charge in [0.15, 0.2) is 0 Å². The van der Waals surface area contributed by atoms with E-state index in [4.69, 9.17) is 0 Å². The Balaban J connectivity index is 1.54. The number of rotatable bonds is 6. The first-order valence-electron chi connectivity index (χ1n) is 9.55. The number of anilines is 1. The average molecular weight is 416 g/mol. The van der Waals surface area contributed by atoms with E-state index in [1.54, 1.807) is 42.6 Å². The zero-order valence-electron chi connectivity index (χ0n) is 16.3. The first-order valence-corrected chi connectivity index (χ1v) is 9.55. The molecule has 4 nitrogen and oxygen atoms in total. The largest absolute Gasteiger partial charge is 0.435 e. The molecule has 0 radical (unpaired) electrons. The van der Waals surface area contributed by atoms with Gasteiger partial charge in [0.25, 0.3) is 5.91 Å². The highest BCUT2D eigenvalue weighted by atomic mass is 19.3. The third-order valence-corrected chi connectivity index (χ3v) is 4.62. The summed E-state index contributed by atoms with van der Waals surface area (Å²) in [5, 5.41) is 2.86. The third-order valence-electron chi connectivity index (χ3n) is 4.62. The van der Waals surface area contributed by atoms with Crippen LogP contribution in [0.1, 0.15) is 10.4 Å². The molecule has 154 valence electrons. The van der Waals surface area contributed by atoms with Crippen molar-refractivity contribution in [3.8, 4) is 28.0 Å². The number of benzene rings is 3. The van der Waals surface area contributed by atoms with Gasteiger partial charge < -0.3 is 10.1 Å². The van der Waals surface area contributed by atoms with Crippen LogP contribution in [0.4, 0.5) is 14.5 Å². The van der Waals surface area contributed by atoms with Gasteiger partial charge >= 0.3 is 6.61 Å². The molecule has 4 aromatic rings. The van der Waals surface area contributed by atoms with Gasteiger partial charge in [-0.2, -0.15) is 8.78 Å². The summed E-state index contributed by atoms with van der Waals surface area (Å²) >= 11 is 0. The molecule has 1 amide bonds. The number of carbonyl (C=O) groups excluding carboxylic acids is 1. The van der Waals surface area contributed by atoms with Gasteiger partial charge in [0.05, 0.1) is 5.56 Å². The van der Waals surface area contributed by atoms with Crippen molar-refractivity contribution in [3.63, 3.8) is 0 Å². The summed E-state index contributed by atoms with van der Waals surface area (Å²) < 4.78 is 29.4. The maximum atomic E-state index is 12.8. The number of pyridine rings is 1. The minimum absolute atomic E-state index is 0.0748. The lowest BCUT2D eigenvalue weighted by atomic mass is 10.0. The molecule has 0 saturated carbocycles. The summed E-state index contributed by atoms with van der Waals surface area (Å²) in [5.41, 5.74) is 4.28. The van der Waals surface area contributed by atoms with E-state index in [1.165, 1.54) is 18.3 Å². The van der Waals surface area contributed by atoms with Gasteiger partial charge in [-0.25, -0.2) is 0 Å². The van der Waals surface area contributed by atoms with Gasteiger partial charge in [0.2, 0.25) is 0 Å². The molecule has 0 bridgehead atoms. The Morgan fingerprint density at radius 1 is 0.774 bits per heavy atom. The highest BCUT2D eigenvalue weighted by molar-refractivity contribution is 6.05. The lowest BCUT2D eigenvalue weighted by Crippen LogP contribution is -2.12. The van der Waals surface area contributed by atoms with Crippen LogP contribution >= 0.6 is 0 Å². The van der Waals surface area contributed by atoms with Gasteiger partial charge in [0.1, 0.15) is 5.75 Å². The molecule has 0 aliphatic heterocycles. The molecule has 0 unspecified atom stereocenters. The lowest BCUT2D eigenvalue weighted by Gasteiger charge is -2.10. The first kappa shape index (κ1) is 20.2. The number of hydrogen-bond acceptors (Lipinski definition) is 3. The summed E-state index contributed by atoms with van der Waals surface area (Å²) in [6.45, 7) is -2.89. The Morgan fingerprint density at radius 3 is 2.26 bits per heavy atom. The standard InChI is InChI=1S/C25H18F2N2O2/c26-25(27)31-23-11-5-9-19(14-23)18-8-4-10-22(13-18)29-24(30)21-12-20(15-28-16-21)17-6-2-1-3-7-17/h1-16,25H,(H,29,30). The van der Waals surface area contributed by atoms with Crippen molar-refractivity contribution >= 4 is 11.6 Å². The van der Waals surface area contributed by atoms with Crippen LogP contribution in [-0.2, 0) is 0 Å². The van der Waals surface area contributed by atoms with Gasteiger partial charge in [-0.1, -0.05) is 54.6 Å². The number of halogens is 2. The molecule has 3 aromatic carbocycles. The quantitative estimate of drug-likeness (QED) is 0.403. The Kier molecular flexibility index (Phi) is 5.98. The Morgan fingerprint density at radius 2 is 1.48 bits per heavy atom. The number of nitrogens with one attached hydrogen (secondary N) is 1. The highest BCUT2D eigenvalue weighted by Crippen LogP contribution is 2.27. The second kappa shape index (κ2) is 9.17. The zero-order valence-corrected chi connectivity index (χ0v) is 16.3. The van der Waals surface area contributed by atoms with Crippen LogP contribution in [-0.4, -0.2) is 17.5 Å². The number of aromatic nitrogens is 1. The lowest BCUT2D eigenvalue weighted by molar-refractivity contribution is -0.0498. The minimum Gasteiger partial charge on any atom is -0.435 e. The average Bonchev–Trinajstić information content (AvgIpc) is 2.80. The van der Waals surface area contributed by atoms with E-state index in [0.29, 0.717) is 16.8 Å². The van der Waals surface area contributed by atoms with E-state index in [9.17, 15) is 13.6 Å². The number of ether oxygens (including phenoxy) is 1. The fourth-order valence-corrected chi connectivity index (χ4v) is 3.18. The number of amides is 1. The molecule has 1 N–H and O–H groups in total. The molecular formula is C25H18F2N2O2. The molecule has 1 aromatic heterocycles. The molecule has 1 heterocycles.